The highest BCUT2D eigenvalue weighted by atomic mass is 16.5. The number of hydrogen-bond acceptors (Lipinski definition) is 5. The molecule has 3 N–H and O–H groups in total. The van der Waals surface area contributed by atoms with Crippen LogP contribution < -0.4 is 15.8 Å². The van der Waals surface area contributed by atoms with Gasteiger partial charge in [-0.05, 0) is 12.1 Å². The van der Waals surface area contributed by atoms with E-state index in [-0.39, 0.29) is 11.9 Å². The summed E-state index contributed by atoms with van der Waals surface area (Å²) < 4.78 is 5.55. The first-order chi connectivity index (χ1) is 8.65. The van der Waals surface area contributed by atoms with Crippen molar-refractivity contribution >= 4 is 17.5 Å². The number of nitrogens with zero attached hydrogens (tertiary/aromatic N) is 2. The quantitative estimate of drug-likeness (QED) is 0.859. The normalized spacial score (nSPS) is 9.83. The molecule has 0 aliphatic rings. The van der Waals surface area contributed by atoms with E-state index in [9.17, 15) is 4.79 Å². The van der Waals surface area contributed by atoms with Gasteiger partial charge in [0.05, 0.1) is 5.69 Å². The van der Waals surface area contributed by atoms with E-state index in [1.54, 1.807) is 30.3 Å². The summed E-state index contributed by atoms with van der Waals surface area (Å²) in [6.07, 6.45) is 1.50. The number of aromatic nitrogens is 2. The zero-order valence-corrected chi connectivity index (χ0v) is 9.75. The maximum absolute atomic E-state index is 11.1. The minimum atomic E-state index is -0.173. The lowest BCUT2D eigenvalue weighted by molar-refractivity contribution is -0.114. The highest BCUT2D eigenvalue weighted by molar-refractivity contribution is 5.90. The predicted octanol–water partition coefficient (Wildman–Crippen LogP) is 1.81. The fourth-order valence-corrected chi connectivity index (χ4v) is 1.37. The minimum Gasteiger partial charge on any atom is -0.437 e. The Morgan fingerprint density at radius 1 is 1.33 bits per heavy atom. The lowest BCUT2D eigenvalue weighted by atomic mass is 10.3. The Morgan fingerprint density at radius 3 is 2.83 bits per heavy atom. The number of nitrogens with two attached hydrogens (primary N) is 1. The van der Waals surface area contributed by atoms with Gasteiger partial charge in [-0.2, -0.15) is 4.98 Å². The Morgan fingerprint density at radius 2 is 2.11 bits per heavy atom. The van der Waals surface area contributed by atoms with Crippen LogP contribution in [0.5, 0.6) is 11.6 Å². The Hall–Kier alpha value is -2.63. The molecule has 0 atom stereocenters. The second kappa shape index (κ2) is 5.13. The topological polar surface area (TPSA) is 90.1 Å². The molecule has 1 aromatic heterocycles. The van der Waals surface area contributed by atoms with Crippen molar-refractivity contribution in [3.63, 3.8) is 0 Å². The molecule has 2 rings (SSSR count). The smallest absolute Gasteiger partial charge is 0.224 e. The van der Waals surface area contributed by atoms with Crippen molar-refractivity contribution in [1.82, 2.24) is 9.97 Å². The number of nitrogens with one attached hydrogen (secondary N) is 1. The van der Waals surface area contributed by atoms with Gasteiger partial charge in [-0.15, -0.1) is 0 Å². The highest BCUT2D eigenvalue weighted by Gasteiger charge is 2.06. The largest absolute Gasteiger partial charge is 0.437 e. The lowest BCUT2D eigenvalue weighted by Gasteiger charge is -2.10. The standard InChI is InChI=1S/C12H12N4O2/c1-8(17)15-9-4-2-3-5-10(9)18-11-6-7-14-12(13)16-11/h2-7H,1H3,(H,15,17)(H2,13,14,16). The number of ether oxygens (including phenoxy) is 1. The first-order valence-electron chi connectivity index (χ1n) is 5.28. The second-order valence-corrected chi connectivity index (χ2v) is 3.53. The van der Waals surface area contributed by atoms with E-state index in [2.05, 4.69) is 15.3 Å². The van der Waals surface area contributed by atoms with Crippen molar-refractivity contribution in [2.24, 2.45) is 0 Å². The molecule has 0 unspecified atom stereocenters. The molecule has 18 heavy (non-hydrogen) atoms. The van der Waals surface area contributed by atoms with E-state index in [0.29, 0.717) is 17.3 Å². The molecule has 0 saturated carbocycles. The Balaban J connectivity index is 2.26. The summed E-state index contributed by atoms with van der Waals surface area (Å²) in [7, 11) is 0. The van der Waals surface area contributed by atoms with Crippen LogP contribution in [-0.2, 0) is 4.79 Å². The average molecular weight is 244 g/mol. The molecule has 0 aliphatic carbocycles. The van der Waals surface area contributed by atoms with E-state index in [1.807, 2.05) is 0 Å². The van der Waals surface area contributed by atoms with Gasteiger partial charge in [0.2, 0.25) is 17.7 Å². The summed E-state index contributed by atoms with van der Waals surface area (Å²) in [5, 5.41) is 2.67. The molecule has 92 valence electrons. The van der Waals surface area contributed by atoms with E-state index in [1.165, 1.54) is 13.1 Å². The van der Waals surface area contributed by atoms with Crippen LogP contribution in [0, 0.1) is 0 Å². The highest BCUT2D eigenvalue weighted by Crippen LogP contribution is 2.28. The average Bonchev–Trinajstić information content (AvgIpc) is 2.31. The molecule has 0 saturated heterocycles. The number of hydrogen-bond donors (Lipinski definition) is 2. The fourth-order valence-electron chi connectivity index (χ4n) is 1.37. The summed E-state index contributed by atoms with van der Waals surface area (Å²) in [6.45, 7) is 1.43. The summed E-state index contributed by atoms with van der Waals surface area (Å²) in [5.41, 5.74) is 6.03. The minimum absolute atomic E-state index is 0.129. The molecule has 0 aliphatic heterocycles. The summed E-state index contributed by atoms with van der Waals surface area (Å²) in [4.78, 5) is 18.7. The van der Waals surface area contributed by atoms with Crippen molar-refractivity contribution in [3.05, 3.63) is 36.5 Å². The number of benzene rings is 1. The maximum atomic E-state index is 11.1. The number of anilines is 2. The number of nitrogen functional groups attached to an aromatic ring is 1. The third-order valence-electron chi connectivity index (χ3n) is 2.06. The molecule has 0 fully saturated rings. The first-order valence-corrected chi connectivity index (χ1v) is 5.28. The molecule has 6 nitrogen and oxygen atoms in total. The molecule has 1 amide bonds. The monoisotopic (exact) mass is 244 g/mol. The van der Waals surface area contributed by atoms with Crippen LogP contribution in [0.3, 0.4) is 0 Å². The van der Waals surface area contributed by atoms with Crippen LogP contribution in [-0.4, -0.2) is 15.9 Å². The van der Waals surface area contributed by atoms with Crippen molar-refractivity contribution in [3.8, 4) is 11.6 Å². The third kappa shape index (κ3) is 2.94. The van der Waals surface area contributed by atoms with Crippen LogP contribution in [0.25, 0.3) is 0 Å². The SMILES string of the molecule is CC(=O)Nc1ccccc1Oc1ccnc(N)n1. The molecule has 2 aromatic rings. The van der Waals surface area contributed by atoms with Gasteiger partial charge in [0.1, 0.15) is 0 Å². The van der Waals surface area contributed by atoms with Gasteiger partial charge in [-0.1, -0.05) is 12.1 Å². The summed E-state index contributed by atoms with van der Waals surface area (Å²) in [6, 6.07) is 8.64. The van der Waals surface area contributed by atoms with Crippen molar-refractivity contribution < 1.29 is 9.53 Å². The van der Waals surface area contributed by atoms with Gasteiger partial charge in [0.15, 0.2) is 5.75 Å². The maximum Gasteiger partial charge on any atom is 0.224 e. The van der Waals surface area contributed by atoms with Gasteiger partial charge < -0.3 is 15.8 Å². The molecule has 0 bridgehead atoms. The van der Waals surface area contributed by atoms with Gasteiger partial charge in [0.25, 0.3) is 0 Å². The Kier molecular flexibility index (Phi) is 3.38. The predicted molar refractivity (Wildman–Crippen MR) is 67.3 cm³/mol. The van der Waals surface area contributed by atoms with E-state index >= 15 is 0 Å². The van der Waals surface area contributed by atoms with Gasteiger partial charge >= 0.3 is 0 Å². The fraction of sp³-hybridized carbons (Fsp3) is 0.0833. The van der Waals surface area contributed by atoms with Gasteiger partial charge in [-0.25, -0.2) is 4.98 Å². The van der Waals surface area contributed by atoms with Crippen molar-refractivity contribution in [2.45, 2.75) is 6.92 Å². The molecule has 6 heteroatoms. The molecule has 1 aromatic carbocycles. The second-order valence-electron chi connectivity index (χ2n) is 3.53. The molecular formula is C12H12N4O2. The van der Waals surface area contributed by atoms with Crippen LogP contribution in [0.2, 0.25) is 0 Å². The number of rotatable bonds is 3. The van der Waals surface area contributed by atoms with E-state index in [0.717, 1.165) is 0 Å². The third-order valence-corrected chi connectivity index (χ3v) is 2.06. The van der Waals surface area contributed by atoms with Crippen molar-refractivity contribution in [1.29, 1.82) is 0 Å². The molecule has 0 radical (unpaired) electrons. The van der Waals surface area contributed by atoms with Crippen molar-refractivity contribution in [2.75, 3.05) is 11.1 Å². The van der Waals surface area contributed by atoms with Gasteiger partial charge in [-0.3, -0.25) is 4.79 Å². The van der Waals surface area contributed by atoms with Crippen LogP contribution in [0.15, 0.2) is 36.5 Å². The zero-order chi connectivity index (χ0) is 13.0. The van der Waals surface area contributed by atoms with Gasteiger partial charge in [0, 0.05) is 19.2 Å². The molecule has 1 heterocycles. The number of amides is 1. The van der Waals surface area contributed by atoms with E-state index < -0.39 is 0 Å². The van der Waals surface area contributed by atoms with E-state index in [4.69, 9.17) is 10.5 Å². The Bertz CT molecular complexity index is 572. The number of carbonyl (C=O) groups is 1. The molecule has 0 spiro atoms. The first kappa shape index (κ1) is 11.8. The van der Waals surface area contributed by atoms with Crippen LogP contribution in [0.1, 0.15) is 6.92 Å². The number of carbonyl (C=O) groups excluding carboxylic acids is 1. The summed E-state index contributed by atoms with van der Waals surface area (Å²) in [5.74, 6) is 0.767. The molecular weight excluding hydrogens is 232 g/mol. The zero-order valence-electron chi connectivity index (χ0n) is 9.75. The Labute approximate surface area is 104 Å². The van der Waals surface area contributed by atoms with Crippen LogP contribution >= 0.6 is 0 Å². The lowest BCUT2D eigenvalue weighted by Crippen LogP contribution is -2.07. The summed E-state index contributed by atoms with van der Waals surface area (Å²) >= 11 is 0. The van der Waals surface area contributed by atoms with Crippen LogP contribution in [0.4, 0.5) is 11.6 Å². The number of para-hydroxylation sites is 2.